The number of nitrogens with one attached hydrogen (secondary N) is 1. The number of hydrogen-bond donors (Lipinski definition) is 1. The van der Waals surface area contributed by atoms with Gasteiger partial charge in [0.1, 0.15) is 5.82 Å². The fourth-order valence-corrected chi connectivity index (χ4v) is 5.21. The molecule has 3 atom stereocenters. The Morgan fingerprint density at radius 3 is 2.86 bits per heavy atom. The Morgan fingerprint density at radius 2 is 2.09 bits per heavy atom. The topological polar surface area (TPSA) is 92.8 Å². The van der Waals surface area contributed by atoms with Crippen molar-refractivity contribution in [2.45, 2.75) is 38.8 Å². The van der Waals surface area contributed by atoms with Gasteiger partial charge in [-0.15, -0.1) is 0 Å². The fraction of sp³-hybridized carbons (Fsp3) is 0.333. The maximum Gasteiger partial charge on any atom is 0.230 e. The molecule has 0 spiro atoms. The molecule has 0 bridgehead atoms. The van der Waals surface area contributed by atoms with Gasteiger partial charge in [-0.3, -0.25) is 4.79 Å². The molecule has 2 fully saturated rings. The number of fused-ring (bicyclic) bond motifs is 2. The van der Waals surface area contributed by atoms with Gasteiger partial charge in [0.15, 0.2) is 6.23 Å². The molecule has 1 saturated heterocycles. The average Bonchev–Trinajstić information content (AvgIpc) is 3.56. The van der Waals surface area contributed by atoms with E-state index in [1.165, 1.54) is 0 Å². The highest BCUT2D eigenvalue weighted by Crippen LogP contribution is 2.39. The third kappa shape index (κ3) is 4.03. The van der Waals surface area contributed by atoms with Crippen LogP contribution >= 0.6 is 11.6 Å². The van der Waals surface area contributed by atoms with Crippen LogP contribution in [0.5, 0.6) is 0 Å². The second-order valence-electron chi connectivity index (χ2n) is 9.45. The van der Waals surface area contributed by atoms with Gasteiger partial charge >= 0.3 is 0 Å². The van der Waals surface area contributed by atoms with E-state index in [9.17, 15) is 4.79 Å². The highest BCUT2D eigenvalue weighted by molar-refractivity contribution is 6.36. The van der Waals surface area contributed by atoms with Crippen LogP contribution < -0.4 is 5.32 Å². The van der Waals surface area contributed by atoms with Crippen LogP contribution in [-0.4, -0.2) is 27.3 Å². The number of pyridine rings is 1. The van der Waals surface area contributed by atoms with Crippen molar-refractivity contribution in [3.8, 4) is 17.2 Å². The van der Waals surface area contributed by atoms with Crippen LogP contribution in [0.25, 0.3) is 32.8 Å². The molecule has 1 amide bonds. The van der Waals surface area contributed by atoms with E-state index >= 15 is 0 Å². The summed E-state index contributed by atoms with van der Waals surface area (Å²) in [4.78, 5) is 16.7. The number of benzene rings is 2. The van der Waals surface area contributed by atoms with Gasteiger partial charge in [0.05, 0.1) is 34.6 Å². The lowest BCUT2D eigenvalue weighted by atomic mass is 9.97. The first-order valence-electron chi connectivity index (χ1n) is 11.9. The molecule has 7 nitrogen and oxygen atoms in total. The molecule has 8 heteroatoms. The minimum Gasteiger partial charge on any atom is -0.356 e. The third-order valence-electron chi connectivity index (χ3n) is 7.01. The summed E-state index contributed by atoms with van der Waals surface area (Å²) in [6.07, 6.45) is 7.39. The van der Waals surface area contributed by atoms with Gasteiger partial charge in [-0.1, -0.05) is 11.6 Å². The first-order valence-corrected chi connectivity index (χ1v) is 12.3. The molecule has 1 saturated carbocycles. The van der Waals surface area contributed by atoms with Gasteiger partial charge in [-0.25, -0.2) is 9.67 Å². The van der Waals surface area contributed by atoms with Gasteiger partial charge in [0, 0.05) is 23.6 Å². The molecule has 2 aromatic carbocycles. The van der Waals surface area contributed by atoms with Gasteiger partial charge in [0.25, 0.3) is 0 Å². The molecule has 0 radical (unpaired) electrons. The zero-order valence-electron chi connectivity index (χ0n) is 19.3. The molecule has 1 aliphatic carbocycles. The van der Waals surface area contributed by atoms with Crippen LogP contribution in [0.3, 0.4) is 0 Å². The van der Waals surface area contributed by atoms with Crippen molar-refractivity contribution in [1.82, 2.24) is 14.8 Å². The predicted octanol–water partition coefficient (Wildman–Crippen LogP) is 6.01. The summed E-state index contributed by atoms with van der Waals surface area (Å²) in [5.41, 5.74) is 4.24. The molecule has 2 unspecified atom stereocenters. The summed E-state index contributed by atoms with van der Waals surface area (Å²) < 4.78 is 7.95. The van der Waals surface area contributed by atoms with Crippen LogP contribution in [0.15, 0.2) is 42.7 Å². The fourth-order valence-electron chi connectivity index (χ4n) is 4.94. The molecular formula is C27H24ClN5O2. The number of halogens is 1. The molecule has 35 heavy (non-hydrogen) atoms. The minimum atomic E-state index is -0.248. The quantitative estimate of drug-likeness (QED) is 0.382. The Bertz CT molecular complexity index is 1520. The normalized spacial score (nSPS) is 21.7. The third-order valence-corrected chi connectivity index (χ3v) is 7.32. The number of carbonyl (C=O) groups excluding carboxylic acids is 1. The largest absolute Gasteiger partial charge is 0.356 e. The first-order chi connectivity index (χ1) is 17.0. The van der Waals surface area contributed by atoms with E-state index in [0.717, 1.165) is 64.2 Å². The summed E-state index contributed by atoms with van der Waals surface area (Å²) in [5, 5.41) is 19.8. The standard InChI is InChI=1S/C27H24ClN5O2/c1-15-6-24-19(13-31-33(24)26-4-2-3-5-35-26)9-20(15)16-7-17-11-25(30-14-22(17)23(28)10-16)32-27(34)21-8-18(21)12-29/h6-7,9-11,13-14,18,21,26H,2-5,8H2,1H3,(H,30,32,34)/t18-,21?,26?/m0/s1. The van der Waals surface area contributed by atoms with Crippen LogP contribution in [0.2, 0.25) is 5.02 Å². The molecule has 3 heterocycles. The van der Waals surface area contributed by atoms with Crippen molar-refractivity contribution in [1.29, 1.82) is 5.26 Å². The summed E-state index contributed by atoms with van der Waals surface area (Å²) in [7, 11) is 0. The molecule has 1 aliphatic heterocycles. The SMILES string of the molecule is Cc1cc2c(cnn2C2CCCCO2)cc1-c1cc(Cl)c2cnc(NC(=O)C3C[C@H]3C#N)cc2c1. The summed E-state index contributed by atoms with van der Waals surface area (Å²) in [6.45, 7) is 2.86. The number of nitrogens with zero attached hydrogens (tertiary/aromatic N) is 4. The van der Waals surface area contributed by atoms with Gasteiger partial charge in [-0.05, 0) is 85.0 Å². The molecule has 1 N–H and O–H groups in total. The number of anilines is 1. The van der Waals surface area contributed by atoms with Crippen molar-refractivity contribution >= 4 is 45.0 Å². The van der Waals surface area contributed by atoms with E-state index < -0.39 is 0 Å². The Labute approximate surface area is 207 Å². The Kier molecular flexibility index (Phi) is 5.43. The highest BCUT2D eigenvalue weighted by Gasteiger charge is 2.43. The van der Waals surface area contributed by atoms with Crippen molar-refractivity contribution in [3.63, 3.8) is 0 Å². The molecule has 2 aromatic heterocycles. The molecule has 4 aromatic rings. The number of aromatic nitrogens is 3. The van der Waals surface area contributed by atoms with Crippen molar-refractivity contribution in [3.05, 3.63) is 53.3 Å². The number of nitriles is 1. The smallest absolute Gasteiger partial charge is 0.230 e. The summed E-state index contributed by atoms with van der Waals surface area (Å²) in [5.74, 6) is -0.142. The number of aryl methyl sites for hydroxylation is 1. The van der Waals surface area contributed by atoms with Gasteiger partial charge in [0.2, 0.25) is 5.91 Å². The van der Waals surface area contributed by atoms with E-state index in [4.69, 9.17) is 21.6 Å². The zero-order valence-corrected chi connectivity index (χ0v) is 20.0. The lowest BCUT2D eigenvalue weighted by Gasteiger charge is -2.23. The van der Waals surface area contributed by atoms with E-state index in [1.54, 1.807) is 6.20 Å². The maximum absolute atomic E-state index is 12.4. The number of ether oxygens (including phenoxy) is 1. The van der Waals surface area contributed by atoms with E-state index in [2.05, 4.69) is 46.6 Å². The van der Waals surface area contributed by atoms with Gasteiger partial charge < -0.3 is 10.1 Å². The number of rotatable bonds is 4. The van der Waals surface area contributed by atoms with E-state index in [0.29, 0.717) is 17.3 Å². The maximum atomic E-state index is 12.4. The molecule has 6 rings (SSSR count). The average molecular weight is 486 g/mol. The summed E-state index contributed by atoms with van der Waals surface area (Å²) >= 11 is 6.65. The Balaban J connectivity index is 1.35. The summed E-state index contributed by atoms with van der Waals surface area (Å²) in [6, 6.07) is 12.3. The van der Waals surface area contributed by atoms with Crippen molar-refractivity contribution in [2.24, 2.45) is 11.8 Å². The molecular weight excluding hydrogens is 462 g/mol. The second-order valence-corrected chi connectivity index (χ2v) is 9.86. The van der Waals surface area contributed by atoms with E-state index in [-0.39, 0.29) is 24.0 Å². The highest BCUT2D eigenvalue weighted by atomic mass is 35.5. The lowest BCUT2D eigenvalue weighted by molar-refractivity contribution is -0.117. The molecule has 2 aliphatic rings. The molecule has 176 valence electrons. The predicted molar refractivity (Wildman–Crippen MR) is 135 cm³/mol. The minimum absolute atomic E-state index is 0.0122. The zero-order chi connectivity index (χ0) is 24.1. The number of hydrogen-bond acceptors (Lipinski definition) is 5. The lowest BCUT2D eigenvalue weighted by Crippen LogP contribution is -2.18. The second kappa shape index (κ2) is 8.63. The Morgan fingerprint density at radius 1 is 1.20 bits per heavy atom. The number of carbonyl (C=O) groups is 1. The van der Waals surface area contributed by atoms with Crippen LogP contribution in [-0.2, 0) is 9.53 Å². The van der Waals surface area contributed by atoms with Crippen molar-refractivity contribution in [2.75, 3.05) is 11.9 Å². The monoisotopic (exact) mass is 485 g/mol. The van der Waals surface area contributed by atoms with Gasteiger partial charge in [-0.2, -0.15) is 10.4 Å². The van der Waals surface area contributed by atoms with Crippen LogP contribution in [0, 0.1) is 30.1 Å². The number of amides is 1. The Hall–Kier alpha value is -3.47. The van der Waals surface area contributed by atoms with Crippen LogP contribution in [0.1, 0.15) is 37.5 Å². The van der Waals surface area contributed by atoms with Crippen molar-refractivity contribution < 1.29 is 9.53 Å². The first kappa shape index (κ1) is 22.0. The van der Waals surface area contributed by atoms with E-state index in [1.807, 2.05) is 23.0 Å². The van der Waals surface area contributed by atoms with Crippen LogP contribution in [0.4, 0.5) is 5.82 Å².